The van der Waals surface area contributed by atoms with Gasteiger partial charge < -0.3 is 15.0 Å². The van der Waals surface area contributed by atoms with E-state index in [-0.39, 0.29) is 23.9 Å². The van der Waals surface area contributed by atoms with E-state index in [0.29, 0.717) is 19.8 Å². The molecule has 1 aromatic heterocycles. The Morgan fingerprint density at radius 2 is 2.35 bits per heavy atom. The minimum absolute atomic E-state index is 0.0981. The molecule has 0 spiro atoms. The Labute approximate surface area is 120 Å². The normalized spacial score (nSPS) is 22.2. The minimum atomic E-state index is -0.0981. The smallest absolute Gasteiger partial charge is 0.230 e. The molecule has 1 N–H and O–H groups in total. The lowest BCUT2D eigenvalue weighted by atomic mass is 10.0. The summed E-state index contributed by atoms with van der Waals surface area (Å²) in [6.45, 7) is 5.78. The van der Waals surface area contributed by atoms with E-state index in [0.717, 1.165) is 5.56 Å². The minimum Gasteiger partial charge on any atom is -0.379 e. The fraction of sp³-hybridized carbons (Fsp3) is 0.600. The van der Waals surface area contributed by atoms with Crippen molar-refractivity contribution in [2.24, 2.45) is 5.92 Å². The van der Waals surface area contributed by atoms with Gasteiger partial charge in [0.1, 0.15) is 0 Å². The van der Waals surface area contributed by atoms with Gasteiger partial charge in [-0.1, -0.05) is 6.07 Å². The van der Waals surface area contributed by atoms with Crippen LogP contribution in [0.25, 0.3) is 0 Å². The van der Waals surface area contributed by atoms with Crippen molar-refractivity contribution in [1.82, 2.24) is 15.2 Å². The van der Waals surface area contributed by atoms with Crippen molar-refractivity contribution < 1.29 is 9.53 Å². The van der Waals surface area contributed by atoms with E-state index in [1.807, 2.05) is 44.1 Å². The molecule has 2 atom stereocenters. The molecule has 0 saturated carbocycles. The summed E-state index contributed by atoms with van der Waals surface area (Å²) in [5, 5.41) is 3.17. The molecule has 1 aliphatic rings. The highest BCUT2D eigenvalue weighted by atomic mass is 16.5. The third-order valence-corrected chi connectivity index (χ3v) is 3.75. The lowest BCUT2D eigenvalue weighted by Gasteiger charge is -2.30. The van der Waals surface area contributed by atoms with Crippen molar-refractivity contribution in [1.29, 1.82) is 0 Å². The molecular weight excluding hydrogens is 254 g/mol. The molecule has 1 saturated heterocycles. The standard InChI is InChI=1S/C15H23N3O2/c1-11(2)18(8-12-5-4-6-17-7-12)15(19)13-9-20-10-14(13)16-3/h4-7,11,13-14,16H,8-10H2,1-3H3. The van der Waals surface area contributed by atoms with Gasteiger partial charge in [0.05, 0.1) is 19.1 Å². The average Bonchev–Trinajstić information content (AvgIpc) is 2.93. The average molecular weight is 277 g/mol. The van der Waals surface area contributed by atoms with Crippen molar-refractivity contribution in [2.45, 2.75) is 32.5 Å². The van der Waals surface area contributed by atoms with Crippen LogP contribution in [0.2, 0.25) is 0 Å². The lowest BCUT2D eigenvalue weighted by molar-refractivity contribution is -0.138. The second kappa shape index (κ2) is 6.81. The first-order chi connectivity index (χ1) is 9.63. The Morgan fingerprint density at radius 3 is 2.95 bits per heavy atom. The zero-order valence-electron chi connectivity index (χ0n) is 12.4. The van der Waals surface area contributed by atoms with Gasteiger partial charge in [-0.3, -0.25) is 9.78 Å². The van der Waals surface area contributed by atoms with E-state index in [1.165, 1.54) is 0 Å². The van der Waals surface area contributed by atoms with Gasteiger partial charge in [-0.05, 0) is 32.5 Å². The number of nitrogens with zero attached hydrogens (tertiary/aromatic N) is 2. The fourth-order valence-electron chi connectivity index (χ4n) is 2.50. The van der Waals surface area contributed by atoms with Gasteiger partial charge in [0.25, 0.3) is 0 Å². The number of hydrogen-bond acceptors (Lipinski definition) is 4. The SMILES string of the molecule is CNC1COCC1C(=O)N(Cc1cccnc1)C(C)C. The Hall–Kier alpha value is -1.46. The van der Waals surface area contributed by atoms with Crippen molar-refractivity contribution in [3.8, 4) is 0 Å². The fourth-order valence-corrected chi connectivity index (χ4v) is 2.50. The summed E-state index contributed by atoms with van der Waals surface area (Å²) in [5.74, 6) is 0.0553. The Kier molecular flexibility index (Phi) is 5.09. The summed E-state index contributed by atoms with van der Waals surface area (Å²) >= 11 is 0. The van der Waals surface area contributed by atoms with Crippen molar-refractivity contribution in [3.05, 3.63) is 30.1 Å². The van der Waals surface area contributed by atoms with Crippen molar-refractivity contribution in [2.75, 3.05) is 20.3 Å². The third kappa shape index (κ3) is 3.35. The van der Waals surface area contributed by atoms with Crippen LogP contribution in [0.3, 0.4) is 0 Å². The Bertz CT molecular complexity index is 436. The molecule has 5 nitrogen and oxygen atoms in total. The van der Waals surface area contributed by atoms with E-state index in [9.17, 15) is 4.79 Å². The molecule has 1 aliphatic heterocycles. The van der Waals surface area contributed by atoms with Crippen LogP contribution in [0.5, 0.6) is 0 Å². The van der Waals surface area contributed by atoms with Crippen LogP contribution in [0.4, 0.5) is 0 Å². The van der Waals surface area contributed by atoms with E-state index in [1.54, 1.807) is 6.20 Å². The van der Waals surface area contributed by atoms with Gasteiger partial charge in [0, 0.05) is 31.0 Å². The zero-order valence-corrected chi connectivity index (χ0v) is 12.4. The predicted octanol–water partition coefficient (Wildman–Crippen LogP) is 1.05. The molecule has 20 heavy (non-hydrogen) atoms. The van der Waals surface area contributed by atoms with Gasteiger partial charge in [-0.25, -0.2) is 0 Å². The van der Waals surface area contributed by atoms with E-state index in [4.69, 9.17) is 4.74 Å². The van der Waals surface area contributed by atoms with Gasteiger partial charge in [0.15, 0.2) is 0 Å². The first kappa shape index (κ1) is 14.9. The van der Waals surface area contributed by atoms with Crippen LogP contribution in [0.1, 0.15) is 19.4 Å². The summed E-state index contributed by atoms with van der Waals surface area (Å²) in [4.78, 5) is 18.8. The van der Waals surface area contributed by atoms with Crippen LogP contribution in [0.15, 0.2) is 24.5 Å². The molecule has 2 rings (SSSR count). The molecule has 5 heteroatoms. The monoisotopic (exact) mass is 277 g/mol. The number of aromatic nitrogens is 1. The molecular formula is C15H23N3O2. The van der Waals surface area contributed by atoms with Crippen LogP contribution in [0, 0.1) is 5.92 Å². The maximum atomic E-state index is 12.7. The van der Waals surface area contributed by atoms with Crippen molar-refractivity contribution in [3.63, 3.8) is 0 Å². The summed E-state index contributed by atoms with van der Waals surface area (Å²) < 4.78 is 5.44. The van der Waals surface area contributed by atoms with Crippen molar-refractivity contribution >= 4 is 5.91 Å². The second-order valence-corrected chi connectivity index (χ2v) is 5.46. The van der Waals surface area contributed by atoms with Gasteiger partial charge in [-0.15, -0.1) is 0 Å². The highest BCUT2D eigenvalue weighted by molar-refractivity contribution is 5.80. The maximum absolute atomic E-state index is 12.7. The molecule has 1 fully saturated rings. The van der Waals surface area contributed by atoms with E-state index >= 15 is 0 Å². The first-order valence-corrected chi connectivity index (χ1v) is 7.08. The molecule has 0 bridgehead atoms. The number of likely N-dealkylation sites (N-methyl/N-ethyl adjacent to an activating group) is 1. The van der Waals surface area contributed by atoms with Gasteiger partial charge in [-0.2, -0.15) is 0 Å². The lowest BCUT2D eigenvalue weighted by Crippen LogP contribution is -2.46. The van der Waals surface area contributed by atoms with Crippen LogP contribution in [-0.2, 0) is 16.1 Å². The summed E-state index contributed by atoms with van der Waals surface area (Å²) in [6.07, 6.45) is 3.55. The molecule has 2 heterocycles. The highest BCUT2D eigenvalue weighted by Gasteiger charge is 2.36. The van der Waals surface area contributed by atoms with Gasteiger partial charge >= 0.3 is 0 Å². The Balaban J connectivity index is 2.10. The number of ether oxygens (including phenoxy) is 1. The quantitative estimate of drug-likeness (QED) is 0.874. The predicted molar refractivity (Wildman–Crippen MR) is 77.1 cm³/mol. The molecule has 0 aliphatic carbocycles. The number of amides is 1. The number of rotatable bonds is 5. The molecule has 2 unspecified atom stereocenters. The number of nitrogens with one attached hydrogen (secondary N) is 1. The van der Waals surface area contributed by atoms with Crippen LogP contribution in [-0.4, -0.2) is 48.1 Å². The first-order valence-electron chi connectivity index (χ1n) is 7.08. The largest absolute Gasteiger partial charge is 0.379 e. The molecule has 1 aromatic rings. The second-order valence-electron chi connectivity index (χ2n) is 5.46. The molecule has 0 radical (unpaired) electrons. The number of pyridine rings is 1. The topological polar surface area (TPSA) is 54.5 Å². The maximum Gasteiger partial charge on any atom is 0.230 e. The zero-order chi connectivity index (χ0) is 14.5. The molecule has 110 valence electrons. The number of carbonyl (C=O) groups is 1. The number of hydrogen-bond donors (Lipinski definition) is 1. The summed E-state index contributed by atoms with van der Waals surface area (Å²) in [6, 6.07) is 4.16. The highest BCUT2D eigenvalue weighted by Crippen LogP contribution is 2.19. The van der Waals surface area contributed by atoms with Crippen LogP contribution < -0.4 is 5.32 Å². The summed E-state index contributed by atoms with van der Waals surface area (Å²) in [5.41, 5.74) is 1.05. The molecule has 1 amide bonds. The Morgan fingerprint density at radius 1 is 1.55 bits per heavy atom. The van der Waals surface area contributed by atoms with Crippen LogP contribution >= 0.6 is 0 Å². The summed E-state index contributed by atoms with van der Waals surface area (Å²) in [7, 11) is 1.88. The van der Waals surface area contributed by atoms with E-state index < -0.39 is 0 Å². The third-order valence-electron chi connectivity index (χ3n) is 3.75. The molecule has 0 aromatic carbocycles. The van der Waals surface area contributed by atoms with E-state index in [2.05, 4.69) is 10.3 Å². The number of carbonyl (C=O) groups excluding carboxylic acids is 1. The van der Waals surface area contributed by atoms with Gasteiger partial charge in [0.2, 0.25) is 5.91 Å².